The van der Waals surface area contributed by atoms with Gasteiger partial charge < -0.3 is 20.6 Å². The van der Waals surface area contributed by atoms with E-state index in [-0.39, 0.29) is 23.5 Å². The molecule has 0 radical (unpaired) electrons. The number of rotatable bonds is 8. The first-order chi connectivity index (χ1) is 16.0. The van der Waals surface area contributed by atoms with E-state index in [0.29, 0.717) is 29.1 Å². The molecule has 2 atom stereocenters. The average Bonchev–Trinajstić information content (AvgIpc) is 3.39. The molecule has 0 spiro atoms. The average molecular weight is 486 g/mol. The van der Waals surface area contributed by atoms with E-state index in [2.05, 4.69) is 27.5 Å². The number of nitrogens with zero attached hydrogens (tertiary/aromatic N) is 3. The monoisotopic (exact) mass is 485 g/mol. The molecule has 34 heavy (non-hydrogen) atoms. The molecule has 4 rings (SSSR count). The van der Waals surface area contributed by atoms with Crippen molar-refractivity contribution in [2.75, 3.05) is 18.4 Å². The van der Waals surface area contributed by atoms with Crippen molar-refractivity contribution in [1.29, 1.82) is 0 Å². The number of aromatic nitrogens is 2. The van der Waals surface area contributed by atoms with Gasteiger partial charge in [-0.25, -0.2) is 9.97 Å². The molecule has 9 heteroatoms. The molecule has 2 aromatic rings. The zero-order valence-corrected chi connectivity index (χ0v) is 21.5. The van der Waals surface area contributed by atoms with E-state index in [0.717, 1.165) is 29.8 Å². The van der Waals surface area contributed by atoms with E-state index in [1.165, 1.54) is 24.2 Å². The van der Waals surface area contributed by atoms with Crippen LogP contribution >= 0.6 is 11.3 Å². The minimum absolute atomic E-state index is 0.0906. The molecular formula is C25H35N5O3S. The fraction of sp³-hybridized carbons (Fsp3) is 0.600. The first-order valence-electron chi connectivity index (χ1n) is 12.1. The SMILES string of the molecule is Cc1cc(N[C@@H](C)C2CC2)ncc1-c1sc(C(=O)NCC(C)(C)O)nc1C(=O)N1CCC[C@@H]1C. The standard InChI is InChI=1S/C25H35N5O3S/c1-14-11-19(28-16(3)17-8-9-17)26-12-18(14)21-20(24(32)30-10-6-7-15(30)2)29-23(34-21)22(31)27-13-25(4,5)33/h11-12,15-17,33H,6-10,13H2,1-5H3,(H,26,28)(H,27,31)/t15-,16-/m0/s1. The topological polar surface area (TPSA) is 107 Å². The molecule has 2 aromatic heterocycles. The van der Waals surface area contributed by atoms with Gasteiger partial charge in [-0.05, 0) is 77.8 Å². The largest absolute Gasteiger partial charge is 0.389 e. The van der Waals surface area contributed by atoms with Crippen LogP contribution in [0.25, 0.3) is 10.4 Å². The molecule has 2 fully saturated rings. The first kappa shape index (κ1) is 24.6. The predicted molar refractivity (Wildman–Crippen MR) is 134 cm³/mol. The number of pyridine rings is 1. The number of aliphatic hydroxyl groups is 1. The number of likely N-dealkylation sites (tertiary alicyclic amines) is 1. The van der Waals surface area contributed by atoms with Crippen LogP contribution in [0, 0.1) is 12.8 Å². The number of amides is 2. The highest BCUT2D eigenvalue weighted by Gasteiger charge is 2.32. The lowest BCUT2D eigenvalue weighted by molar-refractivity contribution is 0.0692. The van der Waals surface area contributed by atoms with E-state index >= 15 is 0 Å². The lowest BCUT2D eigenvalue weighted by atomic mass is 10.1. The highest BCUT2D eigenvalue weighted by atomic mass is 32.1. The second-order valence-electron chi connectivity index (χ2n) is 10.3. The number of aryl methyl sites for hydroxylation is 1. The lowest BCUT2D eigenvalue weighted by Gasteiger charge is -2.21. The van der Waals surface area contributed by atoms with Gasteiger partial charge in [0.2, 0.25) is 0 Å². The van der Waals surface area contributed by atoms with Gasteiger partial charge >= 0.3 is 0 Å². The Hall–Kier alpha value is -2.52. The molecule has 0 aromatic carbocycles. The fourth-order valence-corrected chi connectivity index (χ4v) is 5.36. The van der Waals surface area contributed by atoms with E-state index in [1.54, 1.807) is 20.0 Å². The molecule has 2 aliphatic rings. The highest BCUT2D eigenvalue weighted by molar-refractivity contribution is 7.17. The van der Waals surface area contributed by atoms with Crippen molar-refractivity contribution in [2.45, 2.75) is 78.0 Å². The predicted octanol–water partition coefficient (Wildman–Crippen LogP) is 3.85. The minimum Gasteiger partial charge on any atom is -0.389 e. The number of nitrogens with one attached hydrogen (secondary N) is 2. The van der Waals surface area contributed by atoms with Crippen molar-refractivity contribution in [3.63, 3.8) is 0 Å². The van der Waals surface area contributed by atoms with Crippen LogP contribution in [0.5, 0.6) is 0 Å². The van der Waals surface area contributed by atoms with Crippen molar-refractivity contribution in [2.24, 2.45) is 5.92 Å². The fourth-order valence-electron chi connectivity index (χ4n) is 4.31. The summed E-state index contributed by atoms with van der Waals surface area (Å²) < 4.78 is 0. The summed E-state index contributed by atoms with van der Waals surface area (Å²) in [5.74, 6) is 0.972. The van der Waals surface area contributed by atoms with Crippen molar-refractivity contribution >= 4 is 29.0 Å². The Morgan fingerprint density at radius 1 is 1.32 bits per heavy atom. The van der Waals surface area contributed by atoms with Gasteiger partial charge in [0, 0.05) is 36.9 Å². The Labute approximate surface area is 205 Å². The molecule has 1 saturated carbocycles. The van der Waals surface area contributed by atoms with Gasteiger partial charge in [0.05, 0.1) is 10.5 Å². The molecule has 3 N–H and O–H groups in total. The number of hydrogen-bond donors (Lipinski definition) is 3. The van der Waals surface area contributed by atoms with E-state index in [4.69, 9.17) is 0 Å². The molecule has 2 amide bonds. The smallest absolute Gasteiger partial charge is 0.280 e. The summed E-state index contributed by atoms with van der Waals surface area (Å²) in [6.07, 6.45) is 6.21. The van der Waals surface area contributed by atoms with Gasteiger partial charge in [-0.3, -0.25) is 9.59 Å². The van der Waals surface area contributed by atoms with Crippen LogP contribution in [0.1, 0.15) is 79.2 Å². The summed E-state index contributed by atoms with van der Waals surface area (Å²) in [6.45, 7) is 10.2. The van der Waals surface area contributed by atoms with Gasteiger partial charge in [0.15, 0.2) is 5.01 Å². The lowest BCUT2D eigenvalue weighted by Crippen LogP contribution is -2.38. The van der Waals surface area contributed by atoms with E-state index in [9.17, 15) is 14.7 Å². The summed E-state index contributed by atoms with van der Waals surface area (Å²) in [5.41, 5.74) is 1.03. The molecule has 184 valence electrons. The minimum atomic E-state index is -1.04. The quantitative estimate of drug-likeness (QED) is 0.524. The summed E-state index contributed by atoms with van der Waals surface area (Å²) in [5, 5.41) is 16.4. The number of carbonyl (C=O) groups excluding carboxylic acids is 2. The van der Waals surface area contributed by atoms with E-state index < -0.39 is 11.5 Å². The van der Waals surface area contributed by atoms with Crippen molar-refractivity contribution in [3.8, 4) is 10.4 Å². The van der Waals surface area contributed by atoms with Crippen LogP contribution < -0.4 is 10.6 Å². The molecule has 3 heterocycles. The summed E-state index contributed by atoms with van der Waals surface area (Å²) in [7, 11) is 0. The summed E-state index contributed by atoms with van der Waals surface area (Å²) in [4.78, 5) is 37.9. The summed E-state index contributed by atoms with van der Waals surface area (Å²) in [6, 6.07) is 2.51. The van der Waals surface area contributed by atoms with Crippen molar-refractivity contribution < 1.29 is 14.7 Å². The Morgan fingerprint density at radius 3 is 2.65 bits per heavy atom. The molecule has 8 nitrogen and oxygen atoms in total. The Bertz CT molecular complexity index is 1070. The maximum atomic E-state index is 13.5. The van der Waals surface area contributed by atoms with Crippen LogP contribution in [-0.4, -0.2) is 62.6 Å². The Kier molecular flexibility index (Phi) is 6.96. The second-order valence-corrected chi connectivity index (χ2v) is 11.3. The zero-order valence-electron chi connectivity index (χ0n) is 20.6. The van der Waals surface area contributed by atoms with Gasteiger partial charge in [0.1, 0.15) is 11.5 Å². The van der Waals surface area contributed by atoms with Crippen molar-refractivity contribution in [1.82, 2.24) is 20.2 Å². The van der Waals surface area contributed by atoms with Gasteiger partial charge in [-0.2, -0.15) is 0 Å². The van der Waals surface area contributed by atoms with E-state index in [1.807, 2.05) is 24.8 Å². The number of carbonyl (C=O) groups is 2. The molecular weight excluding hydrogens is 450 g/mol. The molecule has 1 aliphatic carbocycles. The maximum absolute atomic E-state index is 13.5. The van der Waals surface area contributed by atoms with Crippen LogP contribution in [0.15, 0.2) is 12.3 Å². The third-order valence-electron chi connectivity index (χ3n) is 6.58. The highest BCUT2D eigenvalue weighted by Crippen LogP contribution is 2.36. The molecule has 0 unspecified atom stereocenters. The third-order valence-corrected chi connectivity index (χ3v) is 7.67. The number of thiazole rings is 1. The third kappa shape index (κ3) is 5.58. The zero-order chi connectivity index (χ0) is 24.6. The van der Waals surface area contributed by atoms with Crippen LogP contribution in [-0.2, 0) is 0 Å². The van der Waals surface area contributed by atoms with Crippen LogP contribution in [0.3, 0.4) is 0 Å². The molecule has 0 bridgehead atoms. The van der Waals surface area contributed by atoms with Crippen LogP contribution in [0.2, 0.25) is 0 Å². The van der Waals surface area contributed by atoms with Gasteiger partial charge in [-0.1, -0.05) is 0 Å². The van der Waals surface area contributed by atoms with Gasteiger partial charge in [-0.15, -0.1) is 11.3 Å². The molecule has 1 saturated heterocycles. The van der Waals surface area contributed by atoms with Gasteiger partial charge in [0.25, 0.3) is 11.8 Å². The maximum Gasteiger partial charge on any atom is 0.280 e. The summed E-state index contributed by atoms with van der Waals surface area (Å²) >= 11 is 1.20. The number of hydrogen-bond acceptors (Lipinski definition) is 7. The number of anilines is 1. The Morgan fingerprint density at radius 2 is 2.06 bits per heavy atom. The first-order valence-corrected chi connectivity index (χ1v) is 12.9. The normalized spacial score (nSPS) is 19.2. The van der Waals surface area contributed by atoms with Crippen molar-refractivity contribution in [3.05, 3.63) is 28.5 Å². The van der Waals surface area contributed by atoms with Crippen LogP contribution in [0.4, 0.5) is 5.82 Å². The molecule has 1 aliphatic heterocycles. The second kappa shape index (κ2) is 9.62. The Balaban J connectivity index is 1.66.